The predicted octanol–water partition coefficient (Wildman–Crippen LogP) is 0.653. The van der Waals surface area contributed by atoms with E-state index in [0.29, 0.717) is 18.5 Å². The van der Waals surface area contributed by atoms with Crippen molar-refractivity contribution < 1.29 is 9.59 Å². The Morgan fingerprint density at radius 1 is 1.62 bits per heavy atom. The van der Waals surface area contributed by atoms with Gasteiger partial charge in [-0.2, -0.15) is 5.26 Å². The number of amides is 1. The van der Waals surface area contributed by atoms with E-state index < -0.39 is 0 Å². The van der Waals surface area contributed by atoms with Crippen LogP contribution < -0.4 is 5.32 Å². The molecule has 0 unspecified atom stereocenters. The maximum absolute atomic E-state index is 10.9. The lowest BCUT2D eigenvalue weighted by molar-refractivity contribution is -0.119. The molecule has 0 fully saturated rings. The summed E-state index contributed by atoms with van der Waals surface area (Å²) in [5.74, 6) is -0.304. The standard InChI is InChI=1S/C9H10N2O2/c10-5-4-9(13)11-7-2-1-3-8(12)6-7/h6H,1-4H2,(H,11,13). The Balaban J connectivity index is 2.49. The fourth-order valence-electron chi connectivity index (χ4n) is 1.19. The fraction of sp³-hybridized carbons (Fsp3) is 0.444. The van der Waals surface area contributed by atoms with Gasteiger partial charge in [-0.25, -0.2) is 0 Å². The van der Waals surface area contributed by atoms with Crippen molar-refractivity contribution >= 4 is 11.7 Å². The normalized spacial score (nSPS) is 15.9. The van der Waals surface area contributed by atoms with E-state index in [9.17, 15) is 9.59 Å². The van der Waals surface area contributed by atoms with Crippen molar-refractivity contribution in [2.75, 3.05) is 0 Å². The molecule has 4 nitrogen and oxygen atoms in total. The van der Waals surface area contributed by atoms with E-state index in [0.717, 1.165) is 6.42 Å². The molecule has 1 rings (SSSR count). The number of hydrogen-bond acceptors (Lipinski definition) is 3. The molecule has 1 aliphatic carbocycles. The molecule has 1 amide bonds. The van der Waals surface area contributed by atoms with E-state index >= 15 is 0 Å². The van der Waals surface area contributed by atoms with Crippen LogP contribution in [0.2, 0.25) is 0 Å². The molecular weight excluding hydrogens is 168 g/mol. The lowest BCUT2D eigenvalue weighted by atomic mass is 10.0. The second-order valence-electron chi connectivity index (χ2n) is 2.87. The summed E-state index contributed by atoms with van der Waals surface area (Å²) in [6.07, 6.45) is 3.32. The molecule has 0 atom stereocenters. The predicted molar refractivity (Wildman–Crippen MR) is 45.3 cm³/mol. The molecule has 4 heteroatoms. The molecule has 0 aromatic rings. The number of ketones is 1. The van der Waals surface area contributed by atoms with Crippen LogP contribution in [0.5, 0.6) is 0 Å². The molecule has 1 aliphatic rings. The monoisotopic (exact) mass is 178 g/mol. The smallest absolute Gasteiger partial charge is 0.238 e. The average Bonchev–Trinajstić information content (AvgIpc) is 2.04. The highest BCUT2D eigenvalue weighted by molar-refractivity contribution is 5.92. The number of rotatable bonds is 2. The van der Waals surface area contributed by atoms with E-state index in [2.05, 4.69) is 5.32 Å². The number of hydrogen-bond donors (Lipinski definition) is 1. The summed E-state index contributed by atoms with van der Waals surface area (Å²) in [4.78, 5) is 21.9. The van der Waals surface area contributed by atoms with Crippen LogP contribution in [0.25, 0.3) is 0 Å². The number of nitriles is 1. The number of nitrogens with zero attached hydrogens (tertiary/aromatic N) is 1. The Morgan fingerprint density at radius 3 is 3.00 bits per heavy atom. The van der Waals surface area contributed by atoms with Crippen molar-refractivity contribution in [3.8, 4) is 6.07 Å². The van der Waals surface area contributed by atoms with Gasteiger partial charge in [0, 0.05) is 18.2 Å². The third-order valence-corrected chi connectivity index (χ3v) is 1.74. The summed E-state index contributed by atoms with van der Waals surface area (Å²) in [5.41, 5.74) is 0.636. The minimum absolute atomic E-state index is 0.0403. The second-order valence-corrected chi connectivity index (χ2v) is 2.87. The molecule has 0 spiro atoms. The maximum Gasteiger partial charge on any atom is 0.238 e. The van der Waals surface area contributed by atoms with Crippen LogP contribution in [0, 0.1) is 11.3 Å². The van der Waals surface area contributed by atoms with Crippen molar-refractivity contribution in [2.24, 2.45) is 0 Å². The molecule has 0 bridgehead atoms. The third kappa shape index (κ3) is 3.08. The Hall–Kier alpha value is -1.63. The molecule has 0 aromatic heterocycles. The van der Waals surface area contributed by atoms with E-state index in [1.165, 1.54) is 6.08 Å². The maximum atomic E-state index is 10.9. The number of nitrogens with one attached hydrogen (secondary N) is 1. The summed E-state index contributed by atoms with van der Waals surface area (Å²) >= 11 is 0. The van der Waals surface area contributed by atoms with Gasteiger partial charge in [-0.1, -0.05) is 0 Å². The first-order valence-electron chi connectivity index (χ1n) is 4.12. The number of carbonyl (C=O) groups is 2. The van der Waals surface area contributed by atoms with Gasteiger partial charge in [-0.15, -0.1) is 0 Å². The lowest BCUT2D eigenvalue weighted by Gasteiger charge is -2.11. The van der Waals surface area contributed by atoms with Crippen molar-refractivity contribution in [2.45, 2.75) is 25.7 Å². The van der Waals surface area contributed by atoms with Crippen LogP contribution in [0.3, 0.4) is 0 Å². The SMILES string of the molecule is N#CCC(=O)NC1=CC(=O)CCC1. The molecule has 1 N–H and O–H groups in total. The highest BCUT2D eigenvalue weighted by Crippen LogP contribution is 2.12. The summed E-state index contributed by atoms with van der Waals surface area (Å²) in [6, 6.07) is 1.74. The number of carbonyl (C=O) groups excluding carboxylic acids is 2. The molecule has 0 aliphatic heterocycles. The highest BCUT2D eigenvalue weighted by Gasteiger charge is 2.11. The first kappa shape index (κ1) is 9.46. The van der Waals surface area contributed by atoms with Crippen LogP contribution in [0.4, 0.5) is 0 Å². The average molecular weight is 178 g/mol. The molecule has 0 aromatic carbocycles. The Labute approximate surface area is 76.2 Å². The van der Waals surface area contributed by atoms with Crippen molar-refractivity contribution in [3.63, 3.8) is 0 Å². The van der Waals surface area contributed by atoms with Crippen LogP contribution in [-0.2, 0) is 9.59 Å². The minimum atomic E-state index is -0.344. The molecule has 0 radical (unpaired) electrons. The van der Waals surface area contributed by atoms with Crippen molar-refractivity contribution in [3.05, 3.63) is 11.8 Å². The second kappa shape index (κ2) is 4.41. The van der Waals surface area contributed by atoms with Crippen LogP contribution in [0.15, 0.2) is 11.8 Å². The summed E-state index contributed by atoms with van der Waals surface area (Å²) in [6.45, 7) is 0. The van der Waals surface area contributed by atoms with Gasteiger partial charge < -0.3 is 5.32 Å². The zero-order valence-corrected chi connectivity index (χ0v) is 7.17. The molecule has 0 heterocycles. The largest absolute Gasteiger partial charge is 0.329 e. The van der Waals surface area contributed by atoms with E-state index in [4.69, 9.17) is 5.26 Å². The van der Waals surface area contributed by atoms with Crippen LogP contribution in [-0.4, -0.2) is 11.7 Å². The zero-order valence-electron chi connectivity index (χ0n) is 7.17. The Bertz CT molecular complexity index is 299. The van der Waals surface area contributed by atoms with Gasteiger partial charge in [0.2, 0.25) is 5.91 Å². The van der Waals surface area contributed by atoms with E-state index in [-0.39, 0.29) is 18.1 Å². The third-order valence-electron chi connectivity index (χ3n) is 1.74. The first-order valence-corrected chi connectivity index (χ1v) is 4.12. The minimum Gasteiger partial charge on any atom is -0.329 e. The fourth-order valence-corrected chi connectivity index (χ4v) is 1.19. The number of allylic oxidation sites excluding steroid dienone is 2. The van der Waals surface area contributed by atoms with Gasteiger partial charge >= 0.3 is 0 Å². The molecule has 0 saturated heterocycles. The van der Waals surface area contributed by atoms with Crippen LogP contribution >= 0.6 is 0 Å². The molecule has 13 heavy (non-hydrogen) atoms. The van der Waals surface area contributed by atoms with Gasteiger partial charge in [0.1, 0.15) is 6.42 Å². The first-order chi connectivity index (χ1) is 6.22. The topological polar surface area (TPSA) is 70.0 Å². The zero-order chi connectivity index (χ0) is 9.68. The summed E-state index contributed by atoms with van der Waals surface area (Å²) in [5, 5.41) is 10.7. The van der Waals surface area contributed by atoms with Gasteiger partial charge in [0.05, 0.1) is 6.07 Å². The van der Waals surface area contributed by atoms with E-state index in [1.54, 1.807) is 6.07 Å². The van der Waals surface area contributed by atoms with Crippen molar-refractivity contribution in [1.29, 1.82) is 5.26 Å². The van der Waals surface area contributed by atoms with Gasteiger partial charge in [0.15, 0.2) is 5.78 Å². The molecule has 0 saturated carbocycles. The van der Waals surface area contributed by atoms with Crippen LogP contribution in [0.1, 0.15) is 25.7 Å². The lowest BCUT2D eigenvalue weighted by Crippen LogP contribution is -2.24. The Kier molecular flexibility index (Phi) is 3.21. The van der Waals surface area contributed by atoms with E-state index in [1.807, 2.05) is 0 Å². The summed E-state index contributed by atoms with van der Waals surface area (Å²) in [7, 11) is 0. The van der Waals surface area contributed by atoms with Gasteiger partial charge in [0.25, 0.3) is 0 Å². The quantitative estimate of drug-likeness (QED) is 0.675. The molecule has 68 valence electrons. The highest BCUT2D eigenvalue weighted by atomic mass is 16.1. The Morgan fingerprint density at radius 2 is 2.38 bits per heavy atom. The molecular formula is C9H10N2O2. The van der Waals surface area contributed by atoms with Gasteiger partial charge in [-0.3, -0.25) is 9.59 Å². The van der Waals surface area contributed by atoms with Crippen molar-refractivity contribution in [1.82, 2.24) is 5.32 Å². The van der Waals surface area contributed by atoms with Gasteiger partial charge in [-0.05, 0) is 12.8 Å². The summed E-state index contributed by atoms with van der Waals surface area (Å²) < 4.78 is 0.